The summed E-state index contributed by atoms with van der Waals surface area (Å²) in [4.78, 5) is 27.8. The van der Waals surface area contributed by atoms with Crippen LogP contribution in [0, 0.1) is 0 Å². The second-order valence-electron chi connectivity index (χ2n) is 5.74. The molecule has 0 fully saturated rings. The highest BCUT2D eigenvalue weighted by Gasteiger charge is 2.39. The minimum absolute atomic E-state index is 0.291. The summed E-state index contributed by atoms with van der Waals surface area (Å²) in [6.45, 7) is 4.45. The maximum Gasteiger partial charge on any atom is 0.272 e. The minimum Gasteiger partial charge on any atom is -0.497 e. The van der Waals surface area contributed by atoms with Gasteiger partial charge in [0.15, 0.2) is 0 Å². The van der Waals surface area contributed by atoms with Crippen molar-refractivity contribution in [3.63, 3.8) is 0 Å². The van der Waals surface area contributed by atoms with Crippen molar-refractivity contribution in [3.8, 4) is 11.5 Å². The molecule has 2 amide bonds. The number of benzene rings is 2. The molecule has 0 bridgehead atoms. The number of ether oxygens (including phenoxy) is 2. The van der Waals surface area contributed by atoms with E-state index in [9.17, 15) is 9.59 Å². The van der Waals surface area contributed by atoms with Gasteiger partial charge in [-0.15, -0.1) is 11.8 Å². The largest absolute Gasteiger partial charge is 0.497 e. The van der Waals surface area contributed by atoms with Gasteiger partial charge in [0, 0.05) is 0 Å². The fourth-order valence-electron chi connectivity index (χ4n) is 2.89. The van der Waals surface area contributed by atoms with Crippen LogP contribution in [0.5, 0.6) is 11.5 Å². The number of hydrogen-bond donors (Lipinski definition) is 0. The van der Waals surface area contributed by atoms with E-state index < -0.39 is 0 Å². The fourth-order valence-corrected chi connectivity index (χ4v) is 3.75. The van der Waals surface area contributed by atoms with Crippen LogP contribution < -0.4 is 14.4 Å². The molecular formula is C21H21NO4S. The molecule has 0 aliphatic carbocycles. The normalized spacial score (nSPS) is 14.1. The van der Waals surface area contributed by atoms with E-state index in [0.717, 1.165) is 5.75 Å². The lowest BCUT2D eigenvalue weighted by Gasteiger charge is -2.15. The van der Waals surface area contributed by atoms with E-state index in [1.807, 2.05) is 38.1 Å². The first-order chi connectivity index (χ1) is 13.1. The van der Waals surface area contributed by atoms with E-state index in [0.29, 0.717) is 39.8 Å². The van der Waals surface area contributed by atoms with Gasteiger partial charge in [0.25, 0.3) is 11.8 Å². The Balaban J connectivity index is 1.99. The second-order valence-corrected chi connectivity index (χ2v) is 7.01. The second kappa shape index (κ2) is 8.31. The Hall–Kier alpha value is -2.73. The van der Waals surface area contributed by atoms with Gasteiger partial charge in [0.05, 0.1) is 29.9 Å². The van der Waals surface area contributed by atoms with E-state index in [1.165, 1.54) is 16.7 Å². The Morgan fingerprint density at radius 2 is 1.52 bits per heavy atom. The van der Waals surface area contributed by atoms with Gasteiger partial charge in [-0.2, -0.15) is 0 Å². The van der Waals surface area contributed by atoms with Crippen LogP contribution in [-0.2, 0) is 9.59 Å². The molecule has 0 atom stereocenters. The fraction of sp³-hybridized carbons (Fsp3) is 0.238. The molecule has 5 nitrogen and oxygen atoms in total. The van der Waals surface area contributed by atoms with Crippen molar-refractivity contribution in [2.45, 2.75) is 13.8 Å². The van der Waals surface area contributed by atoms with Crippen molar-refractivity contribution in [2.24, 2.45) is 0 Å². The van der Waals surface area contributed by atoms with Gasteiger partial charge in [0.1, 0.15) is 11.5 Å². The quantitative estimate of drug-likeness (QED) is 0.673. The Morgan fingerprint density at radius 3 is 2.07 bits per heavy atom. The molecule has 3 rings (SSSR count). The third kappa shape index (κ3) is 3.71. The zero-order valence-electron chi connectivity index (χ0n) is 15.5. The number of amides is 2. The molecule has 1 aliphatic heterocycles. The van der Waals surface area contributed by atoms with Gasteiger partial charge < -0.3 is 9.47 Å². The first-order valence-electron chi connectivity index (χ1n) is 8.73. The van der Waals surface area contributed by atoms with E-state index >= 15 is 0 Å². The van der Waals surface area contributed by atoms with Crippen LogP contribution in [-0.4, -0.2) is 31.3 Å². The number of thioether (sulfide) groups is 1. The van der Waals surface area contributed by atoms with Crippen molar-refractivity contribution in [2.75, 3.05) is 24.4 Å². The highest BCUT2D eigenvalue weighted by atomic mass is 32.2. The smallest absolute Gasteiger partial charge is 0.272 e. The van der Waals surface area contributed by atoms with Crippen molar-refractivity contribution in [1.29, 1.82) is 0 Å². The zero-order chi connectivity index (χ0) is 19.4. The van der Waals surface area contributed by atoms with Crippen LogP contribution in [0.3, 0.4) is 0 Å². The summed E-state index contributed by atoms with van der Waals surface area (Å²) in [5.74, 6) is 1.49. The number of imide groups is 1. The highest BCUT2D eigenvalue weighted by Crippen LogP contribution is 2.38. The van der Waals surface area contributed by atoms with Gasteiger partial charge in [-0.25, -0.2) is 4.90 Å². The molecule has 1 heterocycles. The summed E-state index contributed by atoms with van der Waals surface area (Å²) in [6, 6.07) is 14.2. The lowest BCUT2D eigenvalue weighted by atomic mass is 10.1. The van der Waals surface area contributed by atoms with Gasteiger partial charge >= 0.3 is 0 Å². The molecule has 0 radical (unpaired) electrons. The highest BCUT2D eigenvalue weighted by molar-refractivity contribution is 8.04. The molecule has 140 valence electrons. The Labute approximate surface area is 163 Å². The molecule has 2 aromatic carbocycles. The van der Waals surface area contributed by atoms with Gasteiger partial charge in [-0.05, 0) is 54.6 Å². The Morgan fingerprint density at radius 1 is 0.889 bits per heavy atom. The molecule has 0 saturated heterocycles. The zero-order valence-corrected chi connectivity index (χ0v) is 16.3. The predicted octanol–water partition coefficient (Wildman–Crippen LogP) is 4.13. The van der Waals surface area contributed by atoms with Crippen molar-refractivity contribution >= 4 is 34.8 Å². The van der Waals surface area contributed by atoms with Crippen LogP contribution in [0.1, 0.15) is 19.4 Å². The van der Waals surface area contributed by atoms with Crippen LogP contribution in [0.15, 0.2) is 53.4 Å². The topological polar surface area (TPSA) is 55.8 Å². The summed E-state index contributed by atoms with van der Waals surface area (Å²) in [6.07, 6.45) is 0. The van der Waals surface area contributed by atoms with Crippen molar-refractivity contribution in [1.82, 2.24) is 0 Å². The lowest BCUT2D eigenvalue weighted by molar-refractivity contribution is -0.119. The molecule has 27 heavy (non-hydrogen) atoms. The molecule has 1 aliphatic rings. The average Bonchev–Trinajstić information content (AvgIpc) is 2.93. The monoisotopic (exact) mass is 383 g/mol. The third-order valence-corrected chi connectivity index (χ3v) is 5.07. The molecule has 0 aromatic heterocycles. The molecule has 6 heteroatoms. The van der Waals surface area contributed by atoms with Crippen LogP contribution >= 0.6 is 11.8 Å². The summed E-state index contributed by atoms with van der Waals surface area (Å²) >= 11 is 1.39. The first kappa shape index (κ1) is 19.0. The van der Waals surface area contributed by atoms with Gasteiger partial charge in [-0.3, -0.25) is 9.59 Å². The Bertz CT molecular complexity index is 872. The molecule has 0 saturated carbocycles. The summed E-state index contributed by atoms with van der Waals surface area (Å²) in [5, 5.41) is 0. The van der Waals surface area contributed by atoms with Crippen LogP contribution in [0.2, 0.25) is 0 Å². The number of methoxy groups -OCH3 is 1. The summed E-state index contributed by atoms with van der Waals surface area (Å²) in [5.41, 5.74) is 1.68. The SMILES string of the molecule is CCOc1ccc(C2=C(SCC)C(=O)N(c3ccc(OC)cc3)C2=O)cc1. The maximum absolute atomic E-state index is 13.1. The molecule has 0 unspecified atom stereocenters. The van der Waals surface area contributed by atoms with Gasteiger partial charge in [0.2, 0.25) is 0 Å². The third-order valence-electron chi connectivity index (χ3n) is 4.11. The Kier molecular flexibility index (Phi) is 5.86. The van der Waals surface area contributed by atoms with E-state index in [2.05, 4.69) is 0 Å². The molecular weight excluding hydrogens is 362 g/mol. The standard InChI is InChI=1S/C21H21NO4S/c1-4-26-17-10-6-14(7-11-17)18-19(27-5-2)21(24)22(20(18)23)15-8-12-16(25-3)13-9-15/h6-13H,4-5H2,1-3H3. The number of carbonyl (C=O) groups is 2. The number of rotatable bonds is 7. The summed E-state index contributed by atoms with van der Waals surface area (Å²) < 4.78 is 10.6. The average molecular weight is 383 g/mol. The predicted molar refractivity (Wildman–Crippen MR) is 108 cm³/mol. The van der Waals surface area contributed by atoms with E-state index in [4.69, 9.17) is 9.47 Å². The van der Waals surface area contributed by atoms with Crippen molar-refractivity contribution in [3.05, 3.63) is 59.0 Å². The number of carbonyl (C=O) groups excluding carboxylic acids is 2. The van der Waals surface area contributed by atoms with Crippen LogP contribution in [0.4, 0.5) is 5.69 Å². The number of nitrogens with zero attached hydrogens (tertiary/aromatic N) is 1. The first-order valence-corrected chi connectivity index (χ1v) is 9.72. The van der Waals surface area contributed by atoms with Crippen molar-refractivity contribution < 1.29 is 19.1 Å². The van der Waals surface area contributed by atoms with E-state index in [-0.39, 0.29) is 11.8 Å². The molecule has 0 spiro atoms. The van der Waals surface area contributed by atoms with Gasteiger partial charge in [-0.1, -0.05) is 19.1 Å². The maximum atomic E-state index is 13.1. The molecule has 2 aromatic rings. The molecule has 0 N–H and O–H groups in total. The minimum atomic E-state index is -0.315. The van der Waals surface area contributed by atoms with E-state index in [1.54, 1.807) is 31.4 Å². The number of anilines is 1. The lowest BCUT2D eigenvalue weighted by Crippen LogP contribution is -2.31. The number of hydrogen-bond acceptors (Lipinski definition) is 5. The van der Waals surface area contributed by atoms with Crippen LogP contribution in [0.25, 0.3) is 5.57 Å². The summed E-state index contributed by atoms with van der Waals surface area (Å²) in [7, 11) is 1.57.